The van der Waals surface area contributed by atoms with Gasteiger partial charge in [0.05, 0.1) is 17.4 Å². The SMILES string of the molecule is c1ccc2ncc(N3CCCNC(C4CC4)C3)cc2c1. The lowest BCUT2D eigenvalue weighted by Gasteiger charge is -2.26. The number of hydrogen-bond donors (Lipinski definition) is 1. The van der Waals surface area contributed by atoms with Crippen molar-refractivity contribution in [1.82, 2.24) is 10.3 Å². The van der Waals surface area contributed by atoms with Crippen molar-refractivity contribution >= 4 is 16.6 Å². The molecular weight excluding hydrogens is 246 g/mol. The number of pyridine rings is 1. The van der Waals surface area contributed by atoms with Crippen LogP contribution in [0.1, 0.15) is 19.3 Å². The summed E-state index contributed by atoms with van der Waals surface area (Å²) in [5, 5.41) is 4.96. The summed E-state index contributed by atoms with van der Waals surface area (Å²) in [5.74, 6) is 0.906. The van der Waals surface area contributed by atoms with E-state index in [1.165, 1.54) is 30.3 Å². The van der Waals surface area contributed by atoms with Crippen LogP contribution in [-0.2, 0) is 0 Å². The van der Waals surface area contributed by atoms with E-state index in [9.17, 15) is 0 Å². The Morgan fingerprint density at radius 3 is 3.00 bits per heavy atom. The molecule has 20 heavy (non-hydrogen) atoms. The fraction of sp³-hybridized carbons (Fsp3) is 0.471. The number of nitrogens with zero attached hydrogens (tertiary/aromatic N) is 2. The number of fused-ring (bicyclic) bond motifs is 1. The molecule has 1 aliphatic heterocycles. The summed E-state index contributed by atoms with van der Waals surface area (Å²) in [6.45, 7) is 3.42. The second-order valence-electron chi connectivity index (χ2n) is 6.08. The van der Waals surface area contributed by atoms with Gasteiger partial charge in [0.15, 0.2) is 0 Å². The Balaban J connectivity index is 1.62. The summed E-state index contributed by atoms with van der Waals surface area (Å²) in [6.07, 6.45) is 6.07. The molecule has 1 aliphatic carbocycles. The highest BCUT2D eigenvalue weighted by atomic mass is 15.2. The Hall–Kier alpha value is -1.61. The first-order valence-electron chi connectivity index (χ1n) is 7.73. The van der Waals surface area contributed by atoms with E-state index in [0.29, 0.717) is 6.04 Å². The normalized spacial score (nSPS) is 23.8. The number of hydrogen-bond acceptors (Lipinski definition) is 3. The lowest BCUT2D eigenvalue weighted by Crippen LogP contribution is -2.39. The molecule has 2 fully saturated rings. The van der Waals surface area contributed by atoms with Crippen molar-refractivity contribution in [3.8, 4) is 0 Å². The predicted molar refractivity (Wildman–Crippen MR) is 83.1 cm³/mol. The summed E-state index contributed by atoms with van der Waals surface area (Å²) in [5.41, 5.74) is 2.36. The largest absolute Gasteiger partial charge is 0.369 e. The predicted octanol–water partition coefficient (Wildman–Crippen LogP) is 2.81. The highest BCUT2D eigenvalue weighted by molar-refractivity contribution is 5.81. The Labute approximate surface area is 120 Å². The molecule has 0 spiro atoms. The van der Waals surface area contributed by atoms with Crippen LogP contribution in [-0.4, -0.2) is 30.7 Å². The van der Waals surface area contributed by atoms with Crippen molar-refractivity contribution in [2.24, 2.45) is 5.92 Å². The molecule has 1 saturated carbocycles. The van der Waals surface area contributed by atoms with Crippen LogP contribution in [0, 0.1) is 5.92 Å². The summed E-state index contributed by atoms with van der Waals surface area (Å²) in [4.78, 5) is 7.13. The van der Waals surface area contributed by atoms with Gasteiger partial charge < -0.3 is 10.2 Å². The molecule has 1 unspecified atom stereocenters. The van der Waals surface area contributed by atoms with Gasteiger partial charge in [-0.2, -0.15) is 0 Å². The third kappa shape index (κ3) is 2.38. The molecule has 0 radical (unpaired) electrons. The molecule has 2 aromatic rings. The van der Waals surface area contributed by atoms with Gasteiger partial charge in [0.1, 0.15) is 0 Å². The molecule has 1 atom stereocenters. The first-order chi connectivity index (χ1) is 9.90. The summed E-state index contributed by atoms with van der Waals surface area (Å²) in [6, 6.07) is 11.3. The van der Waals surface area contributed by atoms with E-state index < -0.39 is 0 Å². The summed E-state index contributed by atoms with van der Waals surface area (Å²) >= 11 is 0. The maximum Gasteiger partial charge on any atom is 0.0703 e. The maximum atomic E-state index is 4.61. The monoisotopic (exact) mass is 267 g/mol. The molecular formula is C17H21N3. The fourth-order valence-corrected chi connectivity index (χ4v) is 3.23. The van der Waals surface area contributed by atoms with Crippen LogP contribution >= 0.6 is 0 Å². The minimum absolute atomic E-state index is 0.670. The van der Waals surface area contributed by atoms with Crippen LogP contribution in [0.5, 0.6) is 0 Å². The van der Waals surface area contributed by atoms with Gasteiger partial charge in [0.25, 0.3) is 0 Å². The lowest BCUT2D eigenvalue weighted by atomic mass is 10.1. The molecule has 1 N–H and O–H groups in total. The van der Waals surface area contributed by atoms with E-state index in [4.69, 9.17) is 0 Å². The lowest BCUT2D eigenvalue weighted by molar-refractivity contribution is 0.490. The van der Waals surface area contributed by atoms with Crippen molar-refractivity contribution in [1.29, 1.82) is 0 Å². The Morgan fingerprint density at radius 2 is 2.10 bits per heavy atom. The first-order valence-corrected chi connectivity index (χ1v) is 7.73. The van der Waals surface area contributed by atoms with Crippen LogP contribution in [0.2, 0.25) is 0 Å². The van der Waals surface area contributed by atoms with Crippen LogP contribution < -0.4 is 10.2 Å². The Bertz CT molecular complexity index is 606. The molecule has 104 valence electrons. The Kier molecular flexibility index (Phi) is 3.07. The maximum absolute atomic E-state index is 4.61. The minimum atomic E-state index is 0.670. The molecule has 3 nitrogen and oxygen atoms in total. The zero-order chi connectivity index (χ0) is 13.4. The highest BCUT2D eigenvalue weighted by Gasteiger charge is 2.33. The number of anilines is 1. The van der Waals surface area contributed by atoms with Crippen molar-refractivity contribution in [3.05, 3.63) is 36.5 Å². The van der Waals surface area contributed by atoms with E-state index in [1.54, 1.807) is 0 Å². The van der Waals surface area contributed by atoms with Gasteiger partial charge in [0.2, 0.25) is 0 Å². The standard InChI is InChI=1S/C17H21N3/c1-2-5-16-14(4-1)10-15(11-19-16)20-9-3-8-18-17(12-20)13-6-7-13/h1-2,4-5,10-11,13,17-18H,3,6-9,12H2. The summed E-state index contributed by atoms with van der Waals surface area (Å²) in [7, 11) is 0. The quantitative estimate of drug-likeness (QED) is 0.907. The van der Waals surface area contributed by atoms with Crippen molar-refractivity contribution in [2.75, 3.05) is 24.5 Å². The topological polar surface area (TPSA) is 28.2 Å². The Morgan fingerprint density at radius 1 is 1.20 bits per heavy atom. The highest BCUT2D eigenvalue weighted by Crippen LogP contribution is 2.34. The van der Waals surface area contributed by atoms with Crippen molar-refractivity contribution in [3.63, 3.8) is 0 Å². The molecule has 2 heterocycles. The third-order valence-electron chi connectivity index (χ3n) is 4.56. The van der Waals surface area contributed by atoms with E-state index in [0.717, 1.165) is 31.1 Å². The van der Waals surface area contributed by atoms with Gasteiger partial charge in [-0.05, 0) is 43.9 Å². The first kappa shape index (κ1) is 12.2. The molecule has 0 amide bonds. The number of rotatable bonds is 2. The molecule has 4 rings (SSSR count). The van der Waals surface area contributed by atoms with E-state index >= 15 is 0 Å². The van der Waals surface area contributed by atoms with Gasteiger partial charge >= 0.3 is 0 Å². The van der Waals surface area contributed by atoms with Gasteiger partial charge in [-0.25, -0.2) is 0 Å². The average Bonchev–Trinajstić information content (AvgIpc) is 3.32. The van der Waals surface area contributed by atoms with E-state index in [1.807, 2.05) is 12.3 Å². The molecule has 1 aromatic heterocycles. The molecule has 0 bridgehead atoms. The van der Waals surface area contributed by atoms with Crippen LogP contribution in [0.15, 0.2) is 36.5 Å². The number of benzene rings is 1. The van der Waals surface area contributed by atoms with Gasteiger partial charge in [-0.3, -0.25) is 4.98 Å². The average molecular weight is 267 g/mol. The second-order valence-corrected chi connectivity index (χ2v) is 6.08. The third-order valence-corrected chi connectivity index (χ3v) is 4.56. The second kappa shape index (κ2) is 5.06. The smallest absolute Gasteiger partial charge is 0.0703 e. The fourth-order valence-electron chi connectivity index (χ4n) is 3.23. The molecule has 1 aromatic carbocycles. The zero-order valence-corrected chi connectivity index (χ0v) is 11.8. The van der Waals surface area contributed by atoms with E-state index in [2.05, 4.69) is 39.5 Å². The number of aromatic nitrogens is 1. The van der Waals surface area contributed by atoms with Gasteiger partial charge in [-0.1, -0.05) is 18.2 Å². The van der Waals surface area contributed by atoms with Crippen molar-refractivity contribution in [2.45, 2.75) is 25.3 Å². The zero-order valence-electron chi connectivity index (χ0n) is 11.8. The molecule has 3 heteroatoms. The number of nitrogens with one attached hydrogen (secondary N) is 1. The summed E-state index contributed by atoms with van der Waals surface area (Å²) < 4.78 is 0. The molecule has 1 saturated heterocycles. The number of para-hydroxylation sites is 1. The van der Waals surface area contributed by atoms with Crippen LogP contribution in [0.3, 0.4) is 0 Å². The van der Waals surface area contributed by atoms with Gasteiger partial charge in [-0.15, -0.1) is 0 Å². The minimum Gasteiger partial charge on any atom is -0.369 e. The van der Waals surface area contributed by atoms with Crippen LogP contribution in [0.4, 0.5) is 5.69 Å². The molecule has 2 aliphatic rings. The van der Waals surface area contributed by atoms with Crippen molar-refractivity contribution < 1.29 is 0 Å². The van der Waals surface area contributed by atoms with Gasteiger partial charge in [0, 0.05) is 24.5 Å². The van der Waals surface area contributed by atoms with E-state index in [-0.39, 0.29) is 0 Å². The van der Waals surface area contributed by atoms with Crippen LogP contribution in [0.25, 0.3) is 10.9 Å².